The normalized spacial score (nSPS) is 16.5. The average Bonchev–Trinajstić information content (AvgIpc) is 2.82. The molecule has 0 bridgehead atoms. The van der Waals surface area contributed by atoms with Crippen LogP contribution in [-0.4, -0.2) is 18.1 Å². The van der Waals surface area contributed by atoms with Crippen LogP contribution in [-0.2, 0) is 0 Å². The molecule has 0 spiro atoms. The first-order valence-corrected chi connectivity index (χ1v) is 5.45. The molecule has 2 aromatic heterocycles. The van der Waals surface area contributed by atoms with Crippen LogP contribution in [0.1, 0.15) is 18.6 Å². The molecule has 0 radical (unpaired) electrons. The minimum absolute atomic E-state index is 0.949. The zero-order valence-electron chi connectivity index (χ0n) is 8.86. The summed E-state index contributed by atoms with van der Waals surface area (Å²) in [5.74, 6) is 2.04. The second kappa shape index (κ2) is 3.26. The van der Waals surface area contributed by atoms with Gasteiger partial charge in [-0.1, -0.05) is 0 Å². The van der Waals surface area contributed by atoms with E-state index in [1.54, 1.807) is 0 Å². The third-order valence-electron chi connectivity index (χ3n) is 2.95. The Hall–Kier alpha value is -1.51. The van der Waals surface area contributed by atoms with Crippen LogP contribution >= 0.6 is 0 Å². The van der Waals surface area contributed by atoms with Crippen molar-refractivity contribution in [2.24, 2.45) is 0 Å². The Morgan fingerprint density at radius 2 is 2.13 bits per heavy atom. The van der Waals surface area contributed by atoms with Crippen molar-refractivity contribution in [2.45, 2.75) is 19.8 Å². The highest BCUT2D eigenvalue weighted by Crippen LogP contribution is 2.29. The summed E-state index contributed by atoms with van der Waals surface area (Å²) >= 11 is 0. The van der Waals surface area contributed by atoms with Crippen molar-refractivity contribution in [3.8, 4) is 0 Å². The van der Waals surface area contributed by atoms with Crippen molar-refractivity contribution in [3.05, 3.63) is 24.1 Å². The summed E-state index contributed by atoms with van der Waals surface area (Å²) in [6.45, 7) is 4.22. The molecular formula is C12H14N2O. The smallest absolute Gasteiger partial charge is 0.139 e. The fourth-order valence-electron chi connectivity index (χ4n) is 2.26. The summed E-state index contributed by atoms with van der Waals surface area (Å²) in [6.07, 6.45) is 4.38. The number of furan rings is 1. The van der Waals surface area contributed by atoms with Crippen molar-refractivity contribution < 1.29 is 4.42 Å². The highest BCUT2D eigenvalue weighted by atomic mass is 16.3. The van der Waals surface area contributed by atoms with Gasteiger partial charge in [0.25, 0.3) is 0 Å². The first-order chi connectivity index (χ1) is 7.34. The lowest BCUT2D eigenvalue weighted by Gasteiger charge is -2.16. The highest BCUT2D eigenvalue weighted by Gasteiger charge is 2.17. The molecule has 3 nitrogen and oxygen atoms in total. The number of hydrogen-bond donors (Lipinski definition) is 0. The lowest BCUT2D eigenvalue weighted by atomic mass is 10.3. The number of aromatic nitrogens is 1. The molecule has 0 aliphatic carbocycles. The van der Waals surface area contributed by atoms with E-state index < -0.39 is 0 Å². The van der Waals surface area contributed by atoms with Crippen LogP contribution in [0.25, 0.3) is 11.0 Å². The van der Waals surface area contributed by atoms with Gasteiger partial charge in [-0.3, -0.25) is 0 Å². The Labute approximate surface area is 88.7 Å². The maximum Gasteiger partial charge on any atom is 0.139 e. The Morgan fingerprint density at radius 3 is 2.93 bits per heavy atom. The van der Waals surface area contributed by atoms with Crippen LogP contribution in [0.5, 0.6) is 0 Å². The van der Waals surface area contributed by atoms with Crippen molar-refractivity contribution >= 4 is 16.8 Å². The first kappa shape index (κ1) is 8.77. The Kier molecular flexibility index (Phi) is 1.91. The molecule has 0 amide bonds. The molecule has 3 heteroatoms. The molecule has 0 N–H and O–H groups in total. The van der Waals surface area contributed by atoms with Crippen molar-refractivity contribution in [1.29, 1.82) is 0 Å². The van der Waals surface area contributed by atoms with Crippen LogP contribution in [0.4, 0.5) is 5.82 Å². The maximum atomic E-state index is 5.60. The Bertz CT molecular complexity index is 483. The molecule has 3 heterocycles. The molecule has 1 aliphatic heterocycles. The van der Waals surface area contributed by atoms with Gasteiger partial charge in [0.1, 0.15) is 17.2 Å². The predicted molar refractivity (Wildman–Crippen MR) is 60.2 cm³/mol. The van der Waals surface area contributed by atoms with Gasteiger partial charge in [-0.2, -0.15) is 0 Å². The van der Waals surface area contributed by atoms with Crippen molar-refractivity contribution in [1.82, 2.24) is 4.98 Å². The molecule has 1 fully saturated rings. The fourth-order valence-corrected chi connectivity index (χ4v) is 2.26. The van der Waals surface area contributed by atoms with Crippen LogP contribution in [0.3, 0.4) is 0 Å². The van der Waals surface area contributed by atoms with Gasteiger partial charge in [0.05, 0.1) is 5.39 Å². The Morgan fingerprint density at radius 1 is 1.33 bits per heavy atom. The van der Waals surface area contributed by atoms with E-state index in [-0.39, 0.29) is 0 Å². The van der Waals surface area contributed by atoms with Gasteiger partial charge < -0.3 is 9.32 Å². The van der Waals surface area contributed by atoms with Crippen LogP contribution in [0, 0.1) is 6.92 Å². The highest BCUT2D eigenvalue weighted by molar-refractivity contribution is 5.89. The molecular weight excluding hydrogens is 188 g/mol. The predicted octanol–water partition coefficient (Wildman–Crippen LogP) is 2.74. The number of nitrogens with zero attached hydrogens (tertiary/aromatic N) is 2. The largest absolute Gasteiger partial charge is 0.461 e. The lowest BCUT2D eigenvalue weighted by molar-refractivity contribution is 0.578. The molecule has 3 rings (SSSR count). The molecule has 0 unspecified atom stereocenters. The number of anilines is 1. The van der Waals surface area contributed by atoms with Crippen molar-refractivity contribution in [3.63, 3.8) is 0 Å². The van der Waals surface area contributed by atoms with Gasteiger partial charge >= 0.3 is 0 Å². The van der Waals surface area contributed by atoms with E-state index in [0.717, 1.165) is 35.6 Å². The zero-order valence-corrected chi connectivity index (χ0v) is 8.86. The third-order valence-corrected chi connectivity index (χ3v) is 2.95. The van der Waals surface area contributed by atoms with Crippen LogP contribution < -0.4 is 4.90 Å². The van der Waals surface area contributed by atoms with Gasteiger partial charge in [-0.05, 0) is 31.9 Å². The maximum absolute atomic E-state index is 5.60. The molecule has 2 aromatic rings. The van der Waals surface area contributed by atoms with Gasteiger partial charge in [-0.25, -0.2) is 4.98 Å². The summed E-state index contributed by atoms with van der Waals surface area (Å²) in [5, 5.41) is 1.15. The standard InChI is InChI=1S/C12H14N2O/c1-9-8-10-11(15-9)4-5-13-12(10)14-6-2-3-7-14/h4-5,8H,2-3,6-7H2,1H3. The quantitative estimate of drug-likeness (QED) is 0.712. The fraction of sp³-hybridized carbons (Fsp3) is 0.417. The molecule has 0 atom stereocenters. The lowest BCUT2D eigenvalue weighted by Crippen LogP contribution is -2.18. The summed E-state index contributed by atoms with van der Waals surface area (Å²) in [6, 6.07) is 4.01. The van der Waals surface area contributed by atoms with Gasteiger partial charge in [0.15, 0.2) is 0 Å². The number of hydrogen-bond acceptors (Lipinski definition) is 3. The third kappa shape index (κ3) is 1.39. The number of pyridine rings is 1. The molecule has 1 saturated heterocycles. The van der Waals surface area contributed by atoms with Crippen LogP contribution in [0.15, 0.2) is 22.7 Å². The van der Waals surface area contributed by atoms with E-state index in [9.17, 15) is 0 Å². The topological polar surface area (TPSA) is 29.3 Å². The average molecular weight is 202 g/mol. The van der Waals surface area contributed by atoms with Crippen molar-refractivity contribution in [2.75, 3.05) is 18.0 Å². The second-order valence-electron chi connectivity index (χ2n) is 4.10. The summed E-state index contributed by atoms with van der Waals surface area (Å²) in [4.78, 5) is 6.81. The summed E-state index contributed by atoms with van der Waals surface area (Å²) < 4.78 is 5.60. The number of rotatable bonds is 1. The van der Waals surface area contributed by atoms with E-state index in [1.165, 1.54) is 12.8 Å². The molecule has 0 saturated carbocycles. The summed E-state index contributed by atoms with van der Waals surface area (Å²) in [5.41, 5.74) is 0.949. The SMILES string of the molecule is Cc1cc2c(N3CCCC3)nccc2o1. The molecule has 15 heavy (non-hydrogen) atoms. The first-order valence-electron chi connectivity index (χ1n) is 5.45. The van der Waals surface area contributed by atoms with Gasteiger partial charge in [0, 0.05) is 19.3 Å². The van der Waals surface area contributed by atoms with Gasteiger partial charge in [0.2, 0.25) is 0 Å². The minimum atomic E-state index is 0.949. The molecule has 0 aromatic carbocycles. The number of aryl methyl sites for hydroxylation is 1. The van der Waals surface area contributed by atoms with Crippen LogP contribution in [0.2, 0.25) is 0 Å². The monoisotopic (exact) mass is 202 g/mol. The Balaban J connectivity index is 2.16. The van der Waals surface area contributed by atoms with E-state index in [2.05, 4.69) is 16.0 Å². The number of fused-ring (bicyclic) bond motifs is 1. The molecule has 78 valence electrons. The summed E-state index contributed by atoms with van der Waals surface area (Å²) in [7, 11) is 0. The van der Waals surface area contributed by atoms with E-state index >= 15 is 0 Å². The molecule has 1 aliphatic rings. The van der Waals surface area contributed by atoms with E-state index in [1.807, 2.05) is 19.2 Å². The van der Waals surface area contributed by atoms with E-state index in [4.69, 9.17) is 4.42 Å². The minimum Gasteiger partial charge on any atom is -0.461 e. The second-order valence-corrected chi connectivity index (χ2v) is 4.10. The zero-order chi connectivity index (χ0) is 10.3. The van der Waals surface area contributed by atoms with Gasteiger partial charge in [-0.15, -0.1) is 0 Å². The van der Waals surface area contributed by atoms with E-state index in [0.29, 0.717) is 0 Å².